The molecule has 1 aliphatic heterocycles. The minimum atomic E-state index is -0.648. The zero-order valence-electron chi connectivity index (χ0n) is 19.1. The fourth-order valence-corrected chi connectivity index (χ4v) is 3.55. The van der Waals surface area contributed by atoms with E-state index in [1.807, 2.05) is 6.92 Å². The number of esters is 2. The lowest BCUT2D eigenvalue weighted by Crippen LogP contribution is -2.39. The number of anilines is 1. The van der Waals surface area contributed by atoms with Crippen LogP contribution in [-0.2, 0) is 23.9 Å². The van der Waals surface area contributed by atoms with E-state index >= 15 is 0 Å². The van der Waals surface area contributed by atoms with Crippen molar-refractivity contribution in [3.63, 3.8) is 0 Å². The predicted octanol–water partition coefficient (Wildman–Crippen LogP) is 2.51. The SMILES string of the molecule is CCOC(=O)CN(C(=O)COC(=O)CCCN1C(=O)c2ccc(C)cc2C1=O)c1ccccc1. The van der Waals surface area contributed by atoms with Crippen molar-refractivity contribution >= 4 is 35.3 Å². The molecular formula is C25H26N2O7. The first kappa shape index (κ1) is 24.6. The summed E-state index contributed by atoms with van der Waals surface area (Å²) in [6.45, 7) is 2.87. The molecule has 1 heterocycles. The number of carbonyl (C=O) groups excluding carboxylic acids is 5. The van der Waals surface area contributed by atoms with Crippen LogP contribution in [0, 0.1) is 6.92 Å². The highest BCUT2D eigenvalue weighted by Crippen LogP contribution is 2.24. The highest BCUT2D eigenvalue weighted by molar-refractivity contribution is 6.21. The van der Waals surface area contributed by atoms with Gasteiger partial charge in [-0.2, -0.15) is 0 Å². The molecule has 9 nitrogen and oxygen atoms in total. The zero-order valence-corrected chi connectivity index (χ0v) is 19.1. The first-order chi connectivity index (χ1) is 16.3. The summed E-state index contributed by atoms with van der Waals surface area (Å²) in [5.74, 6) is -2.58. The average molecular weight is 466 g/mol. The number of amides is 3. The van der Waals surface area contributed by atoms with Gasteiger partial charge in [-0.25, -0.2) is 0 Å². The van der Waals surface area contributed by atoms with Gasteiger partial charge in [0.25, 0.3) is 17.7 Å². The summed E-state index contributed by atoms with van der Waals surface area (Å²) in [7, 11) is 0. The van der Waals surface area contributed by atoms with Gasteiger partial charge in [0.05, 0.1) is 17.7 Å². The molecule has 178 valence electrons. The normalized spacial score (nSPS) is 12.4. The third-order valence-electron chi connectivity index (χ3n) is 5.21. The Hall–Kier alpha value is -4.01. The van der Waals surface area contributed by atoms with Crippen LogP contribution in [0.25, 0.3) is 0 Å². The molecule has 0 fully saturated rings. The zero-order chi connectivity index (χ0) is 24.7. The van der Waals surface area contributed by atoms with Gasteiger partial charge >= 0.3 is 11.9 Å². The Morgan fingerprint density at radius 3 is 2.32 bits per heavy atom. The van der Waals surface area contributed by atoms with Gasteiger partial charge in [-0.1, -0.05) is 29.8 Å². The summed E-state index contributed by atoms with van der Waals surface area (Å²) in [6, 6.07) is 13.6. The monoisotopic (exact) mass is 466 g/mol. The van der Waals surface area contributed by atoms with Crippen LogP contribution in [0.15, 0.2) is 48.5 Å². The van der Waals surface area contributed by atoms with Crippen LogP contribution in [0.4, 0.5) is 5.69 Å². The van der Waals surface area contributed by atoms with Crippen molar-refractivity contribution in [3.8, 4) is 0 Å². The summed E-state index contributed by atoms with van der Waals surface area (Å²) in [5, 5.41) is 0. The van der Waals surface area contributed by atoms with E-state index < -0.39 is 24.5 Å². The van der Waals surface area contributed by atoms with E-state index in [2.05, 4.69) is 0 Å². The number of hydrogen-bond donors (Lipinski definition) is 0. The van der Waals surface area contributed by atoms with E-state index in [1.54, 1.807) is 55.5 Å². The fraction of sp³-hybridized carbons (Fsp3) is 0.320. The number of carbonyl (C=O) groups is 5. The van der Waals surface area contributed by atoms with E-state index in [-0.39, 0.29) is 44.4 Å². The summed E-state index contributed by atoms with van der Waals surface area (Å²) in [4.78, 5) is 64.0. The van der Waals surface area contributed by atoms with Crippen LogP contribution in [-0.4, -0.2) is 60.9 Å². The number of hydrogen-bond acceptors (Lipinski definition) is 7. The molecule has 0 aliphatic carbocycles. The maximum Gasteiger partial charge on any atom is 0.326 e. The number of rotatable bonds is 10. The summed E-state index contributed by atoms with van der Waals surface area (Å²) in [5.41, 5.74) is 2.06. The van der Waals surface area contributed by atoms with Crippen LogP contribution in [0.3, 0.4) is 0 Å². The lowest BCUT2D eigenvalue weighted by molar-refractivity contribution is -0.148. The average Bonchev–Trinajstić information content (AvgIpc) is 3.06. The topological polar surface area (TPSA) is 110 Å². The fourth-order valence-electron chi connectivity index (χ4n) is 3.55. The molecule has 2 aromatic rings. The predicted molar refractivity (Wildman–Crippen MR) is 122 cm³/mol. The van der Waals surface area contributed by atoms with Gasteiger partial charge in [-0.15, -0.1) is 0 Å². The van der Waals surface area contributed by atoms with Crippen LogP contribution >= 0.6 is 0 Å². The summed E-state index contributed by atoms with van der Waals surface area (Å²) >= 11 is 0. The van der Waals surface area contributed by atoms with Gasteiger partial charge in [0.1, 0.15) is 6.54 Å². The highest BCUT2D eigenvalue weighted by atomic mass is 16.5. The number of ether oxygens (including phenoxy) is 2. The van der Waals surface area contributed by atoms with Gasteiger partial charge in [0.2, 0.25) is 0 Å². The molecule has 0 radical (unpaired) electrons. The van der Waals surface area contributed by atoms with Crippen LogP contribution in [0.2, 0.25) is 0 Å². The minimum Gasteiger partial charge on any atom is -0.465 e. The Bertz CT molecular complexity index is 1100. The third-order valence-corrected chi connectivity index (χ3v) is 5.21. The van der Waals surface area contributed by atoms with Gasteiger partial charge < -0.3 is 9.47 Å². The Balaban J connectivity index is 1.50. The molecule has 2 aromatic carbocycles. The molecule has 3 amide bonds. The van der Waals surface area contributed by atoms with Crippen molar-refractivity contribution in [2.24, 2.45) is 0 Å². The van der Waals surface area contributed by atoms with Gasteiger partial charge in [0.15, 0.2) is 6.61 Å². The van der Waals surface area contributed by atoms with Crippen molar-refractivity contribution in [2.75, 3.05) is 31.2 Å². The molecule has 0 spiro atoms. The van der Waals surface area contributed by atoms with Gasteiger partial charge in [0, 0.05) is 18.7 Å². The lowest BCUT2D eigenvalue weighted by Gasteiger charge is -2.21. The molecule has 1 aliphatic rings. The lowest BCUT2D eigenvalue weighted by atomic mass is 10.1. The van der Waals surface area contributed by atoms with Crippen molar-refractivity contribution in [2.45, 2.75) is 26.7 Å². The number of nitrogens with zero attached hydrogens (tertiary/aromatic N) is 2. The first-order valence-corrected chi connectivity index (χ1v) is 10.9. The Kier molecular flexibility index (Phi) is 8.13. The number of benzene rings is 2. The van der Waals surface area contributed by atoms with Crippen LogP contribution < -0.4 is 4.90 Å². The molecule has 3 rings (SSSR count). The van der Waals surface area contributed by atoms with Gasteiger partial charge in [-0.3, -0.25) is 33.8 Å². The van der Waals surface area contributed by atoms with E-state index in [4.69, 9.17) is 9.47 Å². The van der Waals surface area contributed by atoms with E-state index in [0.29, 0.717) is 16.8 Å². The molecule has 0 saturated heterocycles. The molecule has 0 unspecified atom stereocenters. The van der Waals surface area contributed by atoms with E-state index in [0.717, 1.165) is 10.5 Å². The molecule has 0 aromatic heterocycles. The standard InChI is InChI=1S/C25H26N2O7/c1-3-33-23(30)15-27(18-8-5-4-6-9-18)21(28)16-34-22(29)10-7-13-26-24(31)19-12-11-17(2)14-20(19)25(26)32/h4-6,8-9,11-12,14H,3,7,10,13,15-16H2,1-2H3. The van der Waals surface area contributed by atoms with Crippen molar-refractivity contribution < 1.29 is 33.4 Å². The molecular weight excluding hydrogens is 440 g/mol. The number of aryl methyl sites for hydroxylation is 1. The molecule has 0 N–H and O–H groups in total. The Morgan fingerprint density at radius 1 is 0.912 bits per heavy atom. The number of imide groups is 1. The molecule has 0 bridgehead atoms. The van der Waals surface area contributed by atoms with Crippen molar-refractivity contribution in [1.82, 2.24) is 4.90 Å². The van der Waals surface area contributed by atoms with E-state index in [9.17, 15) is 24.0 Å². The van der Waals surface area contributed by atoms with Crippen LogP contribution in [0.5, 0.6) is 0 Å². The maximum atomic E-state index is 12.7. The van der Waals surface area contributed by atoms with E-state index in [1.165, 1.54) is 4.90 Å². The highest BCUT2D eigenvalue weighted by Gasteiger charge is 2.35. The second kappa shape index (κ2) is 11.2. The number of fused-ring (bicyclic) bond motifs is 1. The maximum absolute atomic E-state index is 12.7. The third kappa shape index (κ3) is 5.86. The molecule has 34 heavy (non-hydrogen) atoms. The second-order valence-corrected chi connectivity index (χ2v) is 7.70. The second-order valence-electron chi connectivity index (χ2n) is 7.70. The van der Waals surface area contributed by atoms with Crippen molar-refractivity contribution in [1.29, 1.82) is 0 Å². The van der Waals surface area contributed by atoms with Crippen LogP contribution in [0.1, 0.15) is 46.0 Å². The van der Waals surface area contributed by atoms with Gasteiger partial charge in [-0.05, 0) is 44.5 Å². The molecule has 9 heteroatoms. The van der Waals surface area contributed by atoms with Crippen molar-refractivity contribution in [3.05, 3.63) is 65.2 Å². The molecule has 0 atom stereocenters. The minimum absolute atomic E-state index is 0.0629. The molecule has 0 saturated carbocycles. The first-order valence-electron chi connectivity index (χ1n) is 10.9. The Morgan fingerprint density at radius 2 is 1.62 bits per heavy atom. The smallest absolute Gasteiger partial charge is 0.326 e. The Labute approximate surface area is 197 Å². The summed E-state index contributed by atoms with van der Waals surface area (Å²) in [6.07, 6.45) is 0.117. The quantitative estimate of drug-likeness (QED) is 0.391. The largest absolute Gasteiger partial charge is 0.465 e. The number of para-hydroxylation sites is 1. The summed E-state index contributed by atoms with van der Waals surface area (Å²) < 4.78 is 9.99.